The lowest BCUT2D eigenvalue weighted by Gasteiger charge is -2.36. The van der Waals surface area contributed by atoms with Crippen molar-refractivity contribution in [3.63, 3.8) is 0 Å². The molecule has 0 bridgehead atoms. The van der Waals surface area contributed by atoms with Crippen LogP contribution in [0.4, 0.5) is 5.69 Å². The van der Waals surface area contributed by atoms with Crippen molar-refractivity contribution in [2.45, 2.75) is 49.2 Å². The lowest BCUT2D eigenvalue weighted by molar-refractivity contribution is -0.169. The van der Waals surface area contributed by atoms with Gasteiger partial charge in [0.2, 0.25) is 0 Å². The van der Waals surface area contributed by atoms with Crippen molar-refractivity contribution in [2.75, 3.05) is 59.2 Å². The molecule has 2 fully saturated rings. The van der Waals surface area contributed by atoms with Crippen LogP contribution in [0.15, 0.2) is 63.3 Å². The molecule has 7 heteroatoms. The van der Waals surface area contributed by atoms with Gasteiger partial charge in [0.25, 0.3) is 0 Å². The molecule has 1 unspecified atom stereocenters. The number of nitrogens with zero attached hydrogens (tertiary/aromatic N) is 3. The minimum absolute atomic E-state index is 0.0298. The maximum atomic E-state index is 5.81. The fraction of sp³-hybridized carbons (Fsp3) is 0.536. The zero-order valence-corrected chi connectivity index (χ0v) is 22.0. The first kappa shape index (κ1) is 26.2. The van der Waals surface area contributed by atoms with E-state index in [1.807, 2.05) is 25.6 Å². The van der Waals surface area contributed by atoms with Gasteiger partial charge in [0, 0.05) is 54.7 Å². The highest BCUT2D eigenvalue weighted by atomic mass is 32.2. The van der Waals surface area contributed by atoms with Crippen molar-refractivity contribution in [1.29, 1.82) is 0 Å². The van der Waals surface area contributed by atoms with Gasteiger partial charge in [0.15, 0.2) is 6.29 Å². The Labute approximate surface area is 214 Å². The smallest absolute Gasteiger partial charge is 0.157 e. The van der Waals surface area contributed by atoms with Crippen LogP contribution in [0.2, 0.25) is 0 Å². The molecule has 2 aromatic carbocycles. The summed E-state index contributed by atoms with van der Waals surface area (Å²) in [6, 6.07) is 17.1. The first-order chi connectivity index (χ1) is 17.4. The molecule has 0 spiro atoms. The number of rotatable bonds is 7. The molecule has 6 nitrogen and oxygen atoms in total. The predicted molar refractivity (Wildman–Crippen MR) is 143 cm³/mol. The summed E-state index contributed by atoms with van der Waals surface area (Å²) in [5.74, 6) is 1.10. The molecule has 3 aliphatic rings. The number of aliphatic imine (C=N–C) groups is 1. The molecule has 0 aromatic heterocycles. The number of hydrogen-bond donors (Lipinski definition) is 0. The number of para-hydroxylation sites is 1. The number of fused-ring (bicyclic) bond motifs is 2. The van der Waals surface area contributed by atoms with Gasteiger partial charge < -0.3 is 19.1 Å². The highest BCUT2D eigenvalue weighted by molar-refractivity contribution is 7.99. The molecule has 3 aliphatic heterocycles. The van der Waals surface area contributed by atoms with Gasteiger partial charge in [-0.2, -0.15) is 0 Å². The molecule has 5 rings (SSSR count). The minimum atomic E-state index is -0.0298. The second-order valence-electron chi connectivity index (χ2n) is 8.61. The van der Waals surface area contributed by atoms with Gasteiger partial charge in [0.05, 0.1) is 25.5 Å². The van der Waals surface area contributed by atoms with Gasteiger partial charge in [-0.05, 0) is 37.5 Å². The highest BCUT2D eigenvalue weighted by Gasteiger charge is 2.25. The van der Waals surface area contributed by atoms with E-state index in [1.54, 1.807) is 0 Å². The van der Waals surface area contributed by atoms with Crippen LogP contribution in [0.5, 0.6) is 0 Å². The fourth-order valence-electron chi connectivity index (χ4n) is 4.47. The van der Waals surface area contributed by atoms with Gasteiger partial charge in [-0.1, -0.05) is 55.9 Å². The number of hydrogen-bond acceptors (Lipinski definition) is 7. The number of ether oxygens (including phenoxy) is 3. The van der Waals surface area contributed by atoms with Crippen LogP contribution in [-0.4, -0.2) is 81.1 Å². The molecule has 0 radical (unpaired) electrons. The third kappa shape index (κ3) is 7.30. The highest BCUT2D eigenvalue weighted by Crippen LogP contribution is 2.40. The van der Waals surface area contributed by atoms with Crippen molar-refractivity contribution in [1.82, 2.24) is 9.80 Å². The summed E-state index contributed by atoms with van der Waals surface area (Å²) in [4.78, 5) is 12.5. The zero-order chi connectivity index (χ0) is 24.3. The quantitative estimate of drug-likeness (QED) is 0.475. The predicted octanol–water partition coefficient (Wildman–Crippen LogP) is 5.43. The molecule has 3 heterocycles. The molecule has 0 saturated carbocycles. The monoisotopic (exact) mass is 497 g/mol. The summed E-state index contributed by atoms with van der Waals surface area (Å²) in [7, 11) is 0. The normalized spacial score (nSPS) is 20.1. The molecular weight excluding hydrogens is 458 g/mol. The average molecular weight is 498 g/mol. The molecule has 0 amide bonds. The van der Waals surface area contributed by atoms with Crippen molar-refractivity contribution in [2.24, 2.45) is 4.99 Å². The van der Waals surface area contributed by atoms with Crippen molar-refractivity contribution >= 4 is 23.3 Å². The number of benzene rings is 2. The minimum Gasteiger partial charge on any atom is -0.378 e. The number of amidine groups is 1. The summed E-state index contributed by atoms with van der Waals surface area (Å²) < 4.78 is 17.1. The first-order valence-corrected chi connectivity index (χ1v) is 13.9. The fourth-order valence-corrected chi connectivity index (χ4v) is 5.49. The van der Waals surface area contributed by atoms with E-state index in [-0.39, 0.29) is 6.29 Å². The molecule has 0 N–H and O–H groups in total. The summed E-state index contributed by atoms with van der Waals surface area (Å²) in [6.07, 6.45) is 3.32. The third-order valence-electron chi connectivity index (χ3n) is 6.33. The Hall–Kier alpha value is -1.90. The third-order valence-corrected chi connectivity index (χ3v) is 7.47. The van der Waals surface area contributed by atoms with E-state index in [2.05, 4.69) is 58.3 Å². The lowest BCUT2D eigenvalue weighted by atomic mass is 10.1. The van der Waals surface area contributed by atoms with E-state index < -0.39 is 0 Å². The zero-order valence-electron chi connectivity index (χ0n) is 21.2. The molecule has 1 atom stereocenters. The van der Waals surface area contributed by atoms with Crippen LogP contribution in [0.1, 0.15) is 38.7 Å². The van der Waals surface area contributed by atoms with Crippen LogP contribution in [0.25, 0.3) is 0 Å². The SMILES string of the molecule is CC.c1ccc2c(c1)N=C(N1CCN(CCOCCOC3CCCCO3)CC1)c1ccccc1S2. The van der Waals surface area contributed by atoms with Crippen molar-refractivity contribution < 1.29 is 14.2 Å². The van der Waals surface area contributed by atoms with E-state index >= 15 is 0 Å². The molecular formula is C28H39N3O3S. The topological polar surface area (TPSA) is 46.5 Å². The van der Waals surface area contributed by atoms with E-state index in [0.717, 1.165) is 70.3 Å². The van der Waals surface area contributed by atoms with Crippen LogP contribution in [-0.2, 0) is 14.2 Å². The van der Waals surface area contributed by atoms with Crippen molar-refractivity contribution in [3.8, 4) is 0 Å². The Kier molecular flexibility index (Phi) is 10.5. The molecule has 35 heavy (non-hydrogen) atoms. The Morgan fingerprint density at radius 2 is 1.69 bits per heavy atom. The van der Waals surface area contributed by atoms with Gasteiger partial charge in [0.1, 0.15) is 5.84 Å². The second-order valence-corrected chi connectivity index (χ2v) is 9.69. The van der Waals surface area contributed by atoms with Crippen LogP contribution in [0, 0.1) is 0 Å². The summed E-state index contributed by atoms with van der Waals surface area (Å²) in [5.41, 5.74) is 2.29. The first-order valence-electron chi connectivity index (χ1n) is 13.1. The number of piperazine rings is 1. The molecule has 2 saturated heterocycles. The maximum Gasteiger partial charge on any atom is 0.157 e. The standard InChI is InChI=1S/C26H33N3O3S.C2H6/c1-3-9-23-21(7-1)26(27-22-8-2-4-10-24(22)33-23)29-14-12-28(13-15-29)16-18-30-19-20-32-25-11-5-6-17-31-25;1-2/h1-4,7-10,25H,5-6,11-20H2;1-2H3. The summed E-state index contributed by atoms with van der Waals surface area (Å²) >= 11 is 1.81. The Balaban J connectivity index is 0.00000141. The summed E-state index contributed by atoms with van der Waals surface area (Å²) in [5, 5.41) is 0. The average Bonchev–Trinajstić information content (AvgIpc) is 3.09. The summed E-state index contributed by atoms with van der Waals surface area (Å²) in [6.45, 7) is 11.7. The van der Waals surface area contributed by atoms with Crippen molar-refractivity contribution in [3.05, 3.63) is 54.1 Å². The van der Waals surface area contributed by atoms with Crippen LogP contribution >= 0.6 is 11.8 Å². The van der Waals surface area contributed by atoms with Gasteiger partial charge in [-0.3, -0.25) is 4.90 Å². The Morgan fingerprint density at radius 3 is 2.49 bits per heavy atom. The molecule has 2 aromatic rings. The van der Waals surface area contributed by atoms with Gasteiger partial charge >= 0.3 is 0 Å². The Bertz CT molecular complexity index is 941. The van der Waals surface area contributed by atoms with E-state index in [4.69, 9.17) is 19.2 Å². The molecule has 190 valence electrons. The second kappa shape index (κ2) is 14.0. The molecule has 0 aliphatic carbocycles. The van der Waals surface area contributed by atoms with E-state index in [0.29, 0.717) is 13.2 Å². The lowest BCUT2D eigenvalue weighted by Crippen LogP contribution is -2.49. The Morgan fingerprint density at radius 1 is 0.914 bits per heavy atom. The van der Waals surface area contributed by atoms with Gasteiger partial charge in [-0.15, -0.1) is 0 Å². The van der Waals surface area contributed by atoms with E-state index in [1.165, 1.54) is 21.8 Å². The van der Waals surface area contributed by atoms with Crippen LogP contribution < -0.4 is 0 Å². The van der Waals surface area contributed by atoms with Crippen LogP contribution in [0.3, 0.4) is 0 Å². The van der Waals surface area contributed by atoms with E-state index in [9.17, 15) is 0 Å². The largest absolute Gasteiger partial charge is 0.378 e. The van der Waals surface area contributed by atoms with Gasteiger partial charge in [-0.25, -0.2) is 4.99 Å². The maximum absolute atomic E-state index is 5.81.